The zero-order valence-electron chi connectivity index (χ0n) is 13.1. The number of amides is 1. The van der Waals surface area contributed by atoms with Crippen LogP contribution in [0.2, 0.25) is 0 Å². The molecule has 2 aromatic rings. The quantitative estimate of drug-likeness (QED) is 0.813. The Hall–Kier alpha value is -1.74. The lowest BCUT2D eigenvalue weighted by Gasteiger charge is -2.17. The van der Waals surface area contributed by atoms with Crippen LogP contribution in [0.5, 0.6) is 0 Å². The van der Waals surface area contributed by atoms with Gasteiger partial charge in [0.05, 0.1) is 6.42 Å². The van der Waals surface area contributed by atoms with Crippen molar-refractivity contribution in [2.24, 2.45) is 5.92 Å². The fraction of sp³-hybridized carbons (Fsp3) is 0.500. The molecule has 1 atom stereocenters. The molecular weight excluding hydrogens is 338 g/mol. The van der Waals surface area contributed by atoms with Crippen molar-refractivity contribution in [3.63, 3.8) is 0 Å². The number of hydrogen-bond donors (Lipinski definition) is 1. The lowest BCUT2D eigenvalue weighted by Crippen LogP contribution is -2.30. The molecule has 0 fully saturated rings. The fourth-order valence-corrected chi connectivity index (χ4v) is 3.15. The molecule has 2 rings (SSSR count). The van der Waals surface area contributed by atoms with Crippen molar-refractivity contribution in [3.8, 4) is 0 Å². The number of rotatable bonds is 7. The third-order valence-electron chi connectivity index (χ3n) is 2.99. The molecule has 0 spiro atoms. The third-order valence-corrected chi connectivity index (χ3v) is 4.67. The van der Waals surface area contributed by atoms with Crippen molar-refractivity contribution in [1.82, 2.24) is 15.5 Å². The first-order chi connectivity index (χ1) is 10.8. The maximum Gasteiger partial charge on any atom is 0.335 e. The molecule has 0 radical (unpaired) electrons. The van der Waals surface area contributed by atoms with Gasteiger partial charge in [-0.15, -0.1) is 16.4 Å². The number of sulfone groups is 1. The molecule has 0 aliphatic carbocycles. The minimum absolute atomic E-state index is 0.110. The molecule has 0 bridgehead atoms. The van der Waals surface area contributed by atoms with Crippen LogP contribution in [0.4, 0.5) is 0 Å². The first-order valence-corrected chi connectivity index (χ1v) is 9.88. The van der Waals surface area contributed by atoms with E-state index in [1.54, 1.807) is 0 Å². The van der Waals surface area contributed by atoms with Crippen LogP contribution in [0, 0.1) is 5.92 Å². The van der Waals surface area contributed by atoms with Crippen LogP contribution in [0.1, 0.15) is 37.1 Å². The van der Waals surface area contributed by atoms with Crippen molar-refractivity contribution < 1.29 is 17.6 Å². The minimum Gasteiger partial charge on any atom is -0.410 e. The van der Waals surface area contributed by atoms with E-state index in [-0.39, 0.29) is 24.1 Å². The lowest BCUT2D eigenvalue weighted by atomic mass is 10.0. The van der Waals surface area contributed by atoms with Gasteiger partial charge in [0, 0.05) is 11.1 Å². The highest BCUT2D eigenvalue weighted by molar-refractivity contribution is 7.90. The first-order valence-electron chi connectivity index (χ1n) is 7.11. The van der Waals surface area contributed by atoms with Gasteiger partial charge in [-0.05, 0) is 23.8 Å². The molecule has 0 aromatic carbocycles. The summed E-state index contributed by atoms with van der Waals surface area (Å²) in [4.78, 5) is 13.1. The van der Waals surface area contributed by atoms with Crippen molar-refractivity contribution in [3.05, 3.63) is 28.3 Å². The second-order valence-electron chi connectivity index (χ2n) is 5.68. The number of carbonyl (C=O) groups excluding carboxylic acids is 1. The maximum atomic E-state index is 12.2. The van der Waals surface area contributed by atoms with Crippen molar-refractivity contribution >= 4 is 27.1 Å². The summed E-state index contributed by atoms with van der Waals surface area (Å²) in [6.07, 6.45) is 1.83. The zero-order chi connectivity index (χ0) is 17.0. The van der Waals surface area contributed by atoms with E-state index in [9.17, 15) is 13.2 Å². The van der Waals surface area contributed by atoms with Gasteiger partial charge in [-0.2, -0.15) is 0 Å². The molecule has 23 heavy (non-hydrogen) atoms. The number of nitrogens with one attached hydrogen (secondary N) is 1. The molecular formula is C14H19N3O4S2. The van der Waals surface area contributed by atoms with Crippen LogP contribution < -0.4 is 5.32 Å². The molecule has 7 nitrogen and oxygen atoms in total. The number of carbonyl (C=O) groups is 1. The van der Waals surface area contributed by atoms with Crippen molar-refractivity contribution in [1.29, 1.82) is 0 Å². The van der Waals surface area contributed by atoms with E-state index in [2.05, 4.69) is 15.5 Å². The molecule has 0 saturated heterocycles. The summed E-state index contributed by atoms with van der Waals surface area (Å²) in [7, 11) is -3.56. The van der Waals surface area contributed by atoms with E-state index >= 15 is 0 Å². The van der Waals surface area contributed by atoms with E-state index in [4.69, 9.17) is 4.42 Å². The molecule has 0 aliphatic heterocycles. The Kier molecular flexibility index (Phi) is 5.53. The Bertz CT molecular complexity index is 751. The molecule has 2 aromatic heterocycles. The van der Waals surface area contributed by atoms with Gasteiger partial charge in [0.1, 0.15) is 6.04 Å². The summed E-state index contributed by atoms with van der Waals surface area (Å²) in [6.45, 7) is 3.98. The number of aromatic nitrogens is 2. The topological polar surface area (TPSA) is 102 Å². The SMILES string of the molecule is CC(C)C[C@H](NC(=O)Cc1cccs1)c1nnc(S(C)(=O)=O)o1. The highest BCUT2D eigenvalue weighted by Crippen LogP contribution is 2.22. The maximum absolute atomic E-state index is 12.2. The minimum atomic E-state index is -3.56. The van der Waals surface area contributed by atoms with Crippen molar-refractivity contribution in [2.45, 2.75) is 38.0 Å². The van der Waals surface area contributed by atoms with E-state index in [0.717, 1.165) is 11.1 Å². The van der Waals surface area contributed by atoms with E-state index in [1.807, 2.05) is 31.4 Å². The smallest absolute Gasteiger partial charge is 0.335 e. The molecule has 0 aliphatic rings. The summed E-state index contributed by atoms with van der Waals surface area (Å²) < 4.78 is 28.1. The third kappa shape index (κ3) is 5.14. The lowest BCUT2D eigenvalue weighted by molar-refractivity contribution is -0.121. The molecule has 0 saturated carbocycles. The standard InChI is InChI=1S/C14H19N3O4S2/c1-9(2)7-11(13-16-17-14(21-13)23(3,19)20)15-12(18)8-10-5-4-6-22-10/h4-6,9,11H,7-8H2,1-3H3,(H,15,18)/t11-/m0/s1. The van der Waals surface area contributed by atoms with Gasteiger partial charge in [0.2, 0.25) is 21.6 Å². The van der Waals surface area contributed by atoms with Crippen LogP contribution in [-0.4, -0.2) is 30.8 Å². The average molecular weight is 357 g/mol. The fourth-order valence-electron chi connectivity index (χ4n) is 2.02. The second kappa shape index (κ2) is 7.22. The van der Waals surface area contributed by atoms with Gasteiger partial charge < -0.3 is 9.73 Å². The predicted molar refractivity (Wildman–Crippen MR) is 85.8 cm³/mol. The monoisotopic (exact) mass is 357 g/mol. The molecule has 126 valence electrons. The van der Waals surface area contributed by atoms with Crippen LogP contribution in [0.15, 0.2) is 27.2 Å². The molecule has 0 unspecified atom stereocenters. The Morgan fingerprint density at radius 2 is 2.13 bits per heavy atom. The largest absolute Gasteiger partial charge is 0.410 e. The Morgan fingerprint density at radius 3 is 2.65 bits per heavy atom. The van der Waals surface area contributed by atoms with Gasteiger partial charge in [-0.3, -0.25) is 4.79 Å². The van der Waals surface area contributed by atoms with E-state index < -0.39 is 21.1 Å². The normalized spacial score (nSPS) is 13.2. The molecule has 1 N–H and O–H groups in total. The number of nitrogens with zero attached hydrogens (tertiary/aromatic N) is 2. The summed E-state index contributed by atoms with van der Waals surface area (Å²) in [5, 5.41) is 11.6. The van der Waals surface area contributed by atoms with E-state index in [0.29, 0.717) is 6.42 Å². The summed E-state index contributed by atoms with van der Waals surface area (Å²) in [6, 6.07) is 3.26. The molecule has 9 heteroatoms. The van der Waals surface area contributed by atoms with Gasteiger partial charge in [-0.1, -0.05) is 25.0 Å². The highest BCUT2D eigenvalue weighted by atomic mass is 32.2. The first kappa shape index (κ1) is 17.6. The average Bonchev–Trinajstić information content (AvgIpc) is 3.06. The molecule has 1 amide bonds. The summed E-state index contributed by atoms with van der Waals surface area (Å²) in [5.41, 5.74) is 0. The Morgan fingerprint density at radius 1 is 1.39 bits per heavy atom. The van der Waals surface area contributed by atoms with Crippen LogP contribution in [0.3, 0.4) is 0 Å². The summed E-state index contributed by atoms with van der Waals surface area (Å²) >= 11 is 1.50. The summed E-state index contributed by atoms with van der Waals surface area (Å²) in [5.74, 6) is 0.200. The Labute approximate surface area is 139 Å². The van der Waals surface area contributed by atoms with Gasteiger partial charge in [0.15, 0.2) is 0 Å². The second-order valence-corrected chi connectivity index (χ2v) is 8.61. The Balaban J connectivity index is 2.13. The van der Waals surface area contributed by atoms with Gasteiger partial charge in [0.25, 0.3) is 0 Å². The van der Waals surface area contributed by atoms with Crippen LogP contribution in [-0.2, 0) is 21.1 Å². The van der Waals surface area contributed by atoms with Crippen molar-refractivity contribution in [2.75, 3.05) is 6.26 Å². The van der Waals surface area contributed by atoms with Crippen LogP contribution >= 0.6 is 11.3 Å². The van der Waals surface area contributed by atoms with E-state index in [1.165, 1.54) is 11.3 Å². The highest BCUT2D eigenvalue weighted by Gasteiger charge is 2.25. The van der Waals surface area contributed by atoms with Gasteiger partial charge in [-0.25, -0.2) is 8.42 Å². The predicted octanol–water partition coefficient (Wildman–Crippen LogP) is 1.98. The molecule has 2 heterocycles. The van der Waals surface area contributed by atoms with Gasteiger partial charge >= 0.3 is 5.22 Å². The van der Waals surface area contributed by atoms with Crippen LogP contribution in [0.25, 0.3) is 0 Å². The number of hydrogen-bond acceptors (Lipinski definition) is 7. The number of thiophene rings is 1. The zero-order valence-corrected chi connectivity index (χ0v) is 14.8.